The first-order chi connectivity index (χ1) is 10.1. The third-order valence-corrected chi connectivity index (χ3v) is 3.85. The van der Waals surface area contributed by atoms with Gasteiger partial charge in [-0.25, -0.2) is 9.18 Å². The zero-order chi connectivity index (χ0) is 15.4. The van der Waals surface area contributed by atoms with Gasteiger partial charge in [0.15, 0.2) is 0 Å². The number of aliphatic hydroxyl groups is 1. The van der Waals surface area contributed by atoms with Crippen LogP contribution in [-0.4, -0.2) is 42.3 Å². The van der Waals surface area contributed by atoms with E-state index in [-0.39, 0.29) is 18.7 Å². The summed E-state index contributed by atoms with van der Waals surface area (Å²) in [5.41, 5.74) is 0.327. The van der Waals surface area contributed by atoms with E-state index >= 15 is 0 Å². The van der Waals surface area contributed by atoms with Crippen LogP contribution in [0.15, 0.2) is 18.2 Å². The Kier molecular flexibility index (Phi) is 5.01. The third-order valence-electron chi connectivity index (χ3n) is 3.85. The van der Waals surface area contributed by atoms with Crippen LogP contribution >= 0.6 is 0 Å². The van der Waals surface area contributed by atoms with E-state index in [1.165, 1.54) is 13.2 Å². The van der Waals surface area contributed by atoms with Crippen molar-refractivity contribution in [1.29, 1.82) is 0 Å². The van der Waals surface area contributed by atoms with Crippen molar-refractivity contribution in [2.45, 2.75) is 31.8 Å². The van der Waals surface area contributed by atoms with E-state index in [1.54, 1.807) is 24.0 Å². The second-order valence-corrected chi connectivity index (χ2v) is 5.20. The van der Waals surface area contributed by atoms with Gasteiger partial charge in [-0.2, -0.15) is 0 Å². The summed E-state index contributed by atoms with van der Waals surface area (Å²) in [5.74, 6) is -0.00906. The summed E-state index contributed by atoms with van der Waals surface area (Å²) in [5, 5.41) is 12.0. The Hall–Kier alpha value is -1.82. The van der Waals surface area contributed by atoms with Crippen LogP contribution in [0.4, 0.5) is 9.18 Å². The van der Waals surface area contributed by atoms with Crippen LogP contribution in [0.5, 0.6) is 5.75 Å². The summed E-state index contributed by atoms with van der Waals surface area (Å²) in [6.45, 7) is 2.27. The second kappa shape index (κ2) is 6.76. The highest BCUT2D eigenvalue weighted by molar-refractivity contribution is 5.75. The van der Waals surface area contributed by atoms with Crippen molar-refractivity contribution < 1.29 is 19.0 Å². The fourth-order valence-electron chi connectivity index (χ4n) is 2.75. The van der Waals surface area contributed by atoms with Gasteiger partial charge < -0.3 is 20.1 Å². The molecule has 0 radical (unpaired) electrons. The quantitative estimate of drug-likeness (QED) is 0.894. The summed E-state index contributed by atoms with van der Waals surface area (Å²) < 4.78 is 19.1. The molecule has 5 nitrogen and oxygen atoms in total. The molecule has 1 fully saturated rings. The van der Waals surface area contributed by atoms with Crippen LogP contribution in [-0.2, 0) is 0 Å². The fraction of sp³-hybridized carbons (Fsp3) is 0.533. The number of methoxy groups -OCH3 is 1. The highest BCUT2D eigenvalue weighted by Crippen LogP contribution is 2.28. The van der Waals surface area contributed by atoms with Gasteiger partial charge in [0.25, 0.3) is 0 Å². The van der Waals surface area contributed by atoms with Crippen LogP contribution < -0.4 is 10.1 Å². The Bertz CT molecular complexity index is 510. The Morgan fingerprint density at radius 2 is 2.38 bits per heavy atom. The molecular formula is C15H21FN2O3. The lowest BCUT2D eigenvalue weighted by Crippen LogP contribution is -2.45. The van der Waals surface area contributed by atoms with Gasteiger partial charge in [0.05, 0.1) is 31.4 Å². The number of halogens is 1. The molecule has 0 aromatic heterocycles. The molecule has 1 aromatic rings. The lowest BCUT2D eigenvalue weighted by atomic mass is 10.1. The van der Waals surface area contributed by atoms with Crippen molar-refractivity contribution in [1.82, 2.24) is 10.2 Å². The number of urea groups is 1. The van der Waals surface area contributed by atoms with Crippen molar-refractivity contribution >= 4 is 6.03 Å². The first-order valence-electron chi connectivity index (χ1n) is 7.08. The van der Waals surface area contributed by atoms with E-state index < -0.39 is 11.9 Å². The van der Waals surface area contributed by atoms with Gasteiger partial charge >= 0.3 is 6.03 Å². The SMILES string of the molecule is COc1cccc(F)c1C(C)NC(=O)N1CCCC1CO. The van der Waals surface area contributed by atoms with Crippen LogP contribution in [0.1, 0.15) is 31.4 Å². The average molecular weight is 296 g/mol. The minimum atomic E-state index is -0.520. The number of carbonyl (C=O) groups excluding carboxylic acids is 1. The predicted octanol–water partition coefficient (Wildman–Crippen LogP) is 2.06. The number of rotatable bonds is 4. The van der Waals surface area contributed by atoms with Crippen molar-refractivity contribution in [3.63, 3.8) is 0 Å². The normalized spacial score (nSPS) is 19.4. The van der Waals surface area contributed by atoms with Crippen molar-refractivity contribution in [3.8, 4) is 5.75 Å². The molecular weight excluding hydrogens is 275 g/mol. The molecule has 0 saturated carbocycles. The average Bonchev–Trinajstić information content (AvgIpc) is 2.95. The fourth-order valence-corrected chi connectivity index (χ4v) is 2.75. The van der Waals surface area contributed by atoms with E-state index in [4.69, 9.17) is 4.74 Å². The predicted molar refractivity (Wildman–Crippen MR) is 76.7 cm³/mol. The Balaban J connectivity index is 2.11. The van der Waals surface area contributed by atoms with E-state index in [2.05, 4.69) is 5.32 Å². The Labute approximate surface area is 123 Å². The number of nitrogens with zero attached hydrogens (tertiary/aromatic N) is 1. The molecule has 1 saturated heterocycles. The number of benzene rings is 1. The molecule has 2 unspecified atom stereocenters. The summed E-state index contributed by atoms with van der Waals surface area (Å²) in [6.07, 6.45) is 1.66. The minimum Gasteiger partial charge on any atom is -0.496 e. The van der Waals surface area contributed by atoms with Gasteiger partial charge in [-0.15, -0.1) is 0 Å². The first kappa shape index (κ1) is 15.6. The smallest absolute Gasteiger partial charge is 0.318 e. The number of hydrogen-bond donors (Lipinski definition) is 2. The largest absolute Gasteiger partial charge is 0.496 e. The Morgan fingerprint density at radius 3 is 3.05 bits per heavy atom. The van der Waals surface area contributed by atoms with E-state index in [0.29, 0.717) is 17.9 Å². The van der Waals surface area contributed by atoms with E-state index in [1.807, 2.05) is 0 Å². The highest BCUT2D eigenvalue weighted by atomic mass is 19.1. The van der Waals surface area contributed by atoms with Crippen LogP contribution in [0.3, 0.4) is 0 Å². The molecule has 2 atom stereocenters. The minimum absolute atomic E-state index is 0.0508. The monoisotopic (exact) mass is 296 g/mol. The molecule has 0 aliphatic carbocycles. The topological polar surface area (TPSA) is 61.8 Å². The van der Waals surface area contributed by atoms with Gasteiger partial charge in [-0.1, -0.05) is 6.07 Å². The number of hydrogen-bond acceptors (Lipinski definition) is 3. The maximum Gasteiger partial charge on any atom is 0.318 e. The van der Waals surface area contributed by atoms with Crippen molar-refractivity contribution in [3.05, 3.63) is 29.6 Å². The van der Waals surface area contributed by atoms with Gasteiger partial charge in [0.2, 0.25) is 0 Å². The lowest BCUT2D eigenvalue weighted by molar-refractivity contribution is 0.155. The number of carbonyl (C=O) groups is 1. The molecule has 1 aliphatic heterocycles. The molecule has 1 aromatic carbocycles. The van der Waals surface area contributed by atoms with Gasteiger partial charge in [0, 0.05) is 6.54 Å². The number of ether oxygens (including phenoxy) is 1. The number of nitrogens with one attached hydrogen (secondary N) is 1. The molecule has 1 aliphatic rings. The van der Waals surface area contributed by atoms with Crippen LogP contribution in [0.25, 0.3) is 0 Å². The number of likely N-dealkylation sites (tertiary alicyclic amines) is 1. The summed E-state index contributed by atoms with van der Waals surface area (Å²) in [6, 6.07) is 3.60. The third kappa shape index (κ3) is 3.26. The van der Waals surface area contributed by atoms with Crippen molar-refractivity contribution in [2.75, 3.05) is 20.3 Å². The number of amides is 2. The molecule has 6 heteroatoms. The molecule has 2 rings (SSSR count). The molecule has 1 heterocycles. The molecule has 0 spiro atoms. The molecule has 21 heavy (non-hydrogen) atoms. The van der Waals surface area contributed by atoms with Crippen LogP contribution in [0, 0.1) is 5.82 Å². The van der Waals surface area contributed by atoms with Gasteiger partial charge in [-0.3, -0.25) is 0 Å². The molecule has 2 amide bonds. The zero-order valence-corrected chi connectivity index (χ0v) is 12.3. The maximum absolute atomic E-state index is 14.0. The number of aliphatic hydroxyl groups excluding tert-OH is 1. The maximum atomic E-state index is 14.0. The lowest BCUT2D eigenvalue weighted by Gasteiger charge is -2.26. The van der Waals surface area contributed by atoms with Gasteiger partial charge in [0.1, 0.15) is 11.6 Å². The summed E-state index contributed by atoms with van der Waals surface area (Å²) in [4.78, 5) is 13.9. The molecule has 116 valence electrons. The van der Waals surface area contributed by atoms with Gasteiger partial charge in [-0.05, 0) is 31.9 Å². The first-order valence-corrected chi connectivity index (χ1v) is 7.08. The summed E-state index contributed by atoms with van der Waals surface area (Å²) >= 11 is 0. The highest BCUT2D eigenvalue weighted by Gasteiger charge is 2.29. The van der Waals surface area contributed by atoms with E-state index in [0.717, 1.165) is 12.8 Å². The Morgan fingerprint density at radius 1 is 1.62 bits per heavy atom. The molecule has 0 bridgehead atoms. The van der Waals surface area contributed by atoms with E-state index in [9.17, 15) is 14.3 Å². The van der Waals surface area contributed by atoms with Crippen LogP contribution in [0.2, 0.25) is 0 Å². The zero-order valence-electron chi connectivity index (χ0n) is 12.3. The van der Waals surface area contributed by atoms with Crippen molar-refractivity contribution in [2.24, 2.45) is 0 Å². The summed E-state index contributed by atoms with van der Waals surface area (Å²) in [7, 11) is 1.47. The molecule has 2 N–H and O–H groups in total. The second-order valence-electron chi connectivity index (χ2n) is 5.20. The standard InChI is InChI=1S/C15H21FN2O3/c1-10(14-12(16)6-3-7-13(14)21-2)17-15(20)18-8-4-5-11(18)9-19/h3,6-7,10-11,19H,4-5,8-9H2,1-2H3,(H,17,20).